The Morgan fingerprint density at radius 3 is 2.80 bits per heavy atom. The van der Waals surface area contributed by atoms with Gasteiger partial charge in [0.05, 0.1) is 6.61 Å². The second-order valence-corrected chi connectivity index (χ2v) is 3.57. The summed E-state index contributed by atoms with van der Waals surface area (Å²) in [6.07, 6.45) is 2.06. The lowest BCUT2D eigenvalue weighted by molar-refractivity contribution is 0.305. The zero-order chi connectivity index (χ0) is 11.1. The molecule has 0 aliphatic carbocycles. The van der Waals surface area contributed by atoms with Crippen molar-refractivity contribution < 1.29 is 9.13 Å². The molecular weight excluding hydrogens is 193 g/mol. The number of hydrogen-bond acceptors (Lipinski definition) is 2. The predicted octanol–water partition coefficient (Wildman–Crippen LogP) is 2.51. The highest BCUT2D eigenvalue weighted by Gasteiger charge is 1.99. The SMILES string of the molecule is CNCCCCOc1ccc(C)c(F)c1. The van der Waals surface area contributed by atoms with E-state index in [9.17, 15) is 4.39 Å². The molecule has 1 aromatic carbocycles. The van der Waals surface area contributed by atoms with E-state index in [2.05, 4.69) is 5.32 Å². The van der Waals surface area contributed by atoms with Crippen molar-refractivity contribution in [2.75, 3.05) is 20.2 Å². The maximum atomic E-state index is 13.1. The van der Waals surface area contributed by atoms with Crippen LogP contribution in [0.25, 0.3) is 0 Å². The summed E-state index contributed by atoms with van der Waals surface area (Å²) in [7, 11) is 1.93. The molecule has 1 rings (SSSR count). The molecule has 1 N–H and O–H groups in total. The number of hydrogen-bond donors (Lipinski definition) is 1. The van der Waals surface area contributed by atoms with E-state index in [1.54, 1.807) is 19.1 Å². The number of unbranched alkanes of at least 4 members (excludes halogenated alkanes) is 1. The molecule has 0 fully saturated rings. The third-order valence-corrected chi connectivity index (χ3v) is 2.23. The van der Waals surface area contributed by atoms with Gasteiger partial charge >= 0.3 is 0 Å². The molecule has 0 amide bonds. The molecule has 0 spiro atoms. The maximum absolute atomic E-state index is 13.1. The Labute approximate surface area is 90.4 Å². The second-order valence-electron chi connectivity index (χ2n) is 3.57. The lowest BCUT2D eigenvalue weighted by Gasteiger charge is -2.06. The van der Waals surface area contributed by atoms with Crippen molar-refractivity contribution in [1.29, 1.82) is 0 Å². The lowest BCUT2D eigenvalue weighted by Crippen LogP contribution is -2.09. The number of ether oxygens (including phenoxy) is 1. The van der Waals surface area contributed by atoms with Gasteiger partial charge < -0.3 is 10.1 Å². The highest BCUT2D eigenvalue weighted by molar-refractivity contribution is 5.27. The summed E-state index contributed by atoms with van der Waals surface area (Å²) in [4.78, 5) is 0. The summed E-state index contributed by atoms with van der Waals surface area (Å²) < 4.78 is 18.5. The fraction of sp³-hybridized carbons (Fsp3) is 0.500. The van der Waals surface area contributed by atoms with Crippen LogP contribution in [0.2, 0.25) is 0 Å². The van der Waals surface area contributed by atoms with E-state index in [0.29, 0.717) is 17.9 Å². The first-order valence-corrected chi connectivity index (χ1v) is 5.27. The summed E-state index contributed by atoms with van der Waals surface area (Å²) >= 11 is 0. The molecule has 0 saturated heterocycles. The minimum atomic E-state index is -0.206. The standard InChI is InChI=1S/C12H18FNO/c1-10-5-6-11(9-12(10)13)15-8-4-3-7-14-2/h5-6,9,14H,3-4,7-8H2,1-2H3. The normalized spacial score (nSPS) is 10.3. The smallest absolute Gasteiger partial charge is 0.129 e. The average molecular weight is 211 g/mol. The van der Waals surface area contributed by atoms with E-state index >= 15 is 0 Å². The Kier molecular flexibility index (Phi) is 5.12. The topological polar surface area (TPSA) is 21.3 Å². The minimum Gasteiger partial charge on any atom is -0.493 e. The summed E-state index contributed by atoms with van der Waals surface area (Å²) in [5.41, 5.74) is 0.650. The van der Waals surface area contributed by atoms with Gasteiger partial charge in [-0.1, -0.05) is 6.07 Å². The zero-order valence-electron chi connectivity index (χ0n) is 9.35. The van der Waals surface area contributed by atoms with Crippen LogP contribution in [0.3, 0.4) is 0 Å². The minimum absolute atomic E-state index is 0.206. The molecule has 0 aromatic heterocycles. The van der Waals surface area contributed by atoms with Crippen molar-refractivity contribution in [3.63, 3.8) is 0 Å². The third kappa shape index (κ3) is 4.30. The Hall–Kier alpha value is -1.09. The van der Waals surface area contributed by atoms with Crippen LogP contribution >= 0.6 is 0 Å². The highest BCUT2D eigenvalue weighted by atomic mass is 19.1. The van der Waals surface area contributed by atoms with Crippen molar-refractivity contribution in [3.8, 4) is 5.75 Å². The lowest BCUT2D eigenvalue weighted by atomic mass is 10.2. The number of nitrogens with one attached hydrogen (secondary N) is 1. The fourth-order valence-corrected chi connectivity index (χ4v) is 1.26. The predicted molar refractivity (Wildman–Crippen MR) is 59.8 cm³/mol. The van der Waals surface area contributed by atoms with Crippen LogP contribution in [0.5, 0.6) is 5.75 Å². The highest BCUT2D eigenvalue weighted by Crippen LogP contribution is 2.15. The van der Waals surface area contributed by atoms with E-state index in [1.807, 2.05) is 7.05 Å². The molecule has 15 heavy (non-hydrogen) atoms. The van der Waals surface area contributed by atoms with E-state index in [0.717, 1.165) is 19.4 Å². The van der Waals surface area contributed by atoms with Crippen LogP contribution in [0, 0.1) is 12.7 Å². The summed E-state index contributed by atoms with van der Waals surface area (Å²) in [6, 6.07) is 4.97. The Bertz CT molecular complexity index is 302. The first-order valence-electron chi connectivity index (χ1n) is 5.27. The molecular formula is C12H18FNO. The van der Waals surface area contributed by atoms with Crippen LogP contribution in [0.4, 0.5) is 4.39 Å². The van der Waals surface area contributed by atoms with Crippen molar-refractivity contribution >= 4 is 0 Å². The van der Waals surface area contributed by atoms with Gasteiger partial charge in [0.2, 0.25) is 0 Å². The molecule has 0 radical (unpaired) electrons. The molecule has 0 aliphatic rings. The van der Waals surface area contributed by atoms with Gasteiger partial charge in [0.1, 0.15) is 11.6 Å². The quantitative estimate of drug-likeness (QED) is 0.730. The summed E-state index contributed by atoms with van der Waals surface area (Å²) in [5.74, 6) is 0.408. The van der Waals surface area contributed by atoms with Crippen LogP contribution < -0.4 is 10.1 Å². The molecule has 84 valence electrons. The van der Waals surface area contributed by atoms with Gasteiger partial charge in [0.25, 0.3) is 0 Å². The second kappa shape index (κ2) is 6.40. The molecule has 3 heteroatoms. The Morgan fingerprint density at radius 1 is 1.33 bits per heavy atom. The Balaban J connectivity index is 2.28. The van der Waals surface area contributed by atoms with Crippen molar-refractivity contribution in [1.82, 2.24) is 5.32 Å². The van der Waals surface area contributed by atoms with Crippen LogP contribution in [-0.2, 0) is 0 Å². The van der Waals surface area contributed by atoms with E-state index in [4.69, 9.17) is 4.74 Å². The van der Waals surface area contributed by atoms with Crippen LogP contribution in [0.1, 0.15) is 18.4 Å². The van der Waals surface area contributed by atoms with Crippen LogP contribution in [0.15, 0.2) is 18.2 Å². The van der Waals surface area contributed by atoms with Crippen molar-refractivity contribution in [2.45, 2.75) is 19.8 Å². The van der Waals surface area contributed by atoms with E-state index in [-0.39, 0.29) is 5.82 Å². The molecule has 0 bridgehead atoms. The van der Waals surface area contributed by atoms with Gasteiger partial charge in [-0.15, -0.1) is 0 Å². The first kappa shape index (κ1) is 12.0. The maximum Gasteiger partial charge on any atom is 0.129 e. The number of halogens is 1. The number of rotatable bonds is 6. The summed E-state index contributed by atoms with van der Waals surface area (Å²) in [6.45, 7) is 3.38. The Morgan fingerprint density at radius 2 is 2.13 bits per heavy atom. The van der Waals surface area contributed by atoms with Crippen molar-refractivity contribution in [3.05, 3.63) is 29.6 Å². The van der Waals surface area contributed by atoms with Gasteiger partial charge in [-0.2, -0.15) is 0 Å². The van der Waals surface area contributed by atoms with Gasteiger partial charge in [0, 0.05) is 6.07 Å². The molecule has 0 unspecified atom stereocenters. The van der Waals surface area contributed by atoms with Gasteiger partial charge in [-0.05, 0) is 45.0 Å². The summed E-state index contributed by atoms with van der Waals surface area (Å²) in [5, 5.41) is 3.07. The first-order chi connectivity index (χ1) is 7.24. The monoisotopic (exact) mass is 211 g/mol. The average Bonchev–Trinajstić information content (AvgIpc) is 2.23. The van der Waals surface area contributed by atoms with E-state index in [1.165, 1.54) is 6.07 Å². The van der Waals surface area contributed by atoms with E-state index < -0.39 is 0 Å². The molecule has 0 atom stereocenters. The molecule has 0 heterocycles. The molecule has 0 aliphatic heterocycles. The van der Waals surface area contributed by atoms with Gasteiger partial charge in [-0.3, -0.25) is 0 Å². The third-order valence-electron chi connectivity index (χ3n) is 2.23. The van der Waals surface area contributed by atoms with Gasteiger partial charge in [0.15, 0.2) is 0 Å². The largest absolute Gasteiger partial charge is 0.493 e. The van der Waals surface area contributed by atoms with Crippen molar-refractivity contribution in [2.24, 2.45) is 0 Å². The zero-order valence-corrected chi connectivity index (χ0v) is 9.35. The molecule has 0 saturated carbocycles. The molecule has 2 nitrogen and oxygen atoms in total. The number of benzene rings is 1. The number of aryl methyl sites for hydroxylation is 1. The van der Waals surface area contributed by atoms with Gasteiger partial charge in [-0.25, -0.2) is 4.39 Å². The fourth-order valence-electron chi connectivity index (χ4n) is 1.26. The van der Waals surface area contributed by atoms with Crippen LogP contribution in [-0.4, -0.2) is 20.2 Å². The molecule has 1 aromatic rings.